The zero-order valence-electron chi connectivity index (χ0n) is 10.7. The minimum absolute atomic E-state index is 0.00943. The van der Waals surface area contributed by atoms with Gasteiger partial charge in [0.2, 0.25) is 0 Å². The minimum atomic E-state index is -3.91. The maximum Gasteiger partial charge on any atom is 0.297 e. The first-order chi connectivity index (χ1) is 8.99. The third kappa shape index (κ3) is 4.84. The lowest BCUT2D eigenvalue weighted by atomic mass is 10.2. The maximum atomic E-state index is 11.8. The molecule has 0 unspecified atom stereocenters. The maximum absolute atomic E-state index is 11.8. The molecule has 0 fully saturated rings. The Kier molecular flexibility index (Phi) is 5.72. The lowest BCUT2D eigenvalue weighted by Gasteiger charge is -2.05. The van der Waals surface area contributed by atoms with Gasteiger partial charge in [-0.15, -0.1) is 6.58 Å². The topological polar surface area (TPSA) is 69.7 Å². The molecule has 0 aromatic heterocycles. The van der Waals surface area contributed by atoms with Crippen LogP contribution in [0.15, 0.2) is 41.8 Å². The minimum Gasteiger partial charge on any atom is -0.497 e. The Morgan fingerprint density at radius 2 is 1.95 bits per heavy atom. The third-order valence-electron chi connectivity index (χ3n) is 2.35. The molecule has 0 atom stereocenters. The van der Waals surface area contributed by atoms with Crippen LogP contribution in [0.2, 0.25) is 0 Å². The second kappa shape index (κ2) is 7.06. The van der Waals surface area contributed by atoms with Crippen molar-refractivity contribution in [3.8, 4) is 5.75 Å². The predicted octanol–water partition coefficient (Wildman–Crippen LogP) is 1.94. The number of methoxy groups -OCH3 is 1. The molecule has 1 aromatic carbocycles. The molecular formula is C13H16O5S. The number of rotatable bonds is 8. The van der Waals surface area contributed by atoms with Crippen LogP contribution in [0, 0.1) is 0 Å². The Labute approximate surface area is 113 Å². The van der Waals surface area contributed by atoms with Gasteiger partial charge in [-0.25, -0.2) is 0 Å². The summed E-state index contributed by atoms with van der Waals surface area (Å²) in [7, 11) is -2.42. The zero-order valence-corrected chi connectivity index (χ0v) is 11.5. The van der Waals surface area contributed by atoms with E-state index in [1.54, 1.807) is 6.08 Å². The summed E-state index contributed by atoms with van der Waals surface area (Å²) in [5, 5.41) is 0. The van der Waals surface area contributed by atoms with Gasteiger partial charge in [-0.3, -0.25) is 8.98 Å². The molecule has 0 aliphatic rings. The number of ether oxygens (including phenoxy) is 1. The second-order valence-electron chi connectivity index (χ2n) is 3.76. The highest BCUT2D eigenvalue weighted by Crippen LogP contribution is 2.17. The van der Waals surface area contributed by atoms with Crippen molar-refractivity contribution in [2.24, 2.45) is 0 Å². The summed E-state index contributed by atoms with van der Waals surface area (Å²) in [6, 6.07) is 5.75. The Bertz CT molecular complexity index is 531. The Hall–Kier alpha value is -1.66. The van der Waals surface area contributed by atoms with E-state index in [4.69, 9.17) is 8.92 Å². The molecule has 5 nitrogen and oxygen atoms in total. The molecule has 0 saturated carbocycles. The summed E-state index contributed by atoms with van der Waals surface area (Å²) in [5.41, 5.74) is 0. The predicted molar refractivity (Wildman–Crippen MR) is 70.6 cm³/mol. The Morgan fingerprint density at radius 1 is 1.32 bits per heavy atom. The number of benzene rings is 1. The summed E-state index contributed by atoms with van der Waals surface area (Å²) < 4.78 is 33.2. The molecular weight excluding hydrogens is 268 g/mol. The number of Topliss-reactive ketones (excluding diaryl/α,β-unsaturated/α-hetero) is 1. The lowest BCUT2D eigenvalue weighted by molar-refractivity contribution is -0.120. The molecule has 0 amide bonds. The van der Waals surface area contributed by atoms with E-state index in [-0.39, 0.29) is 17.1 Å². The standard InChI is InChI=1S/C13H16O5S/c1-3-4-5-11(14)10-18-19(15,16)13-8-6-12(17-2)7-9-13/h3,6-9H,1,4-5,10H2,2H3. The summed E-state index contributed by atoms with van der Waals surface area (Å²) in [5.74, 6) is 0.262. The normalized spacial score (nSPS) is 11.0. The highest BCUT2D eigenvalue weighted by molar-refractivity contribution is 7.86. The van der Waals surface area contributed by atoms with E-state index in [9.17, 15) is 13.2 Å². The number of carbonyl (C=O) groups is 1. The number of hydrogen-bond donors (Lipinski definition) is 0. The molecule has 0 N–H and O–H groups in total. The van der Waals surface area contributed by atoms with E-state index in [0.29, 0.717) is 12.2 Å². The largest absolute Gasteiger partial charge is 0.497 e. The van der Waals surface area contributed by atoms with E-state index in [2.05, 4.69) is 6.58 Å². The van der Waals surface area contributed by atoms with Crippen LogP contribution in [0.1, 0.15) is 12.8 Å². The Morgan fingerprint density at radius 3 is 2.47 bits per heavy atom. The van der Waals surface area contributed by atoms with Gasteiger partial charge in [0.25, 0.3) is 10.1 Å². The summed E-state index contributed by atoms with van der Waals surface area (Å²) >= 11 is 0. The molecule has 0 heterocycles. The van der Waals surface area contributed by atoms with Crippen molar-refractivity contribution in [3.05, 3.63) is 36.9 Å². The smallest absolute Gasteiger partial charge is 0.297 e. The van der Waals surface area contributed by atoms with Crippen LogP contribution in [0.4, 0.5) is 0 Å². The first kappa shape index (κ1) is 15.4. The summed E-state index contributed by atoms with van der Waals surface area (Å²) in [6.45, 7) is 3.03. The summed E-state index contributed by atoms with van der Waals surface area (Å²) in [4.78, 5) is 11.3. The van der Waals surface area contributed by atoms with Crippen molar-refractivity contribution in [1.29, 1.82) is 0 Å². The van der Waals surface area contributed by atoms with E-state index in [1.165, 1.54) is 31.4 Å². The molecule has 1 aromatic rings. The highest BCUT2D eigenvalue weighted by Gasteiger charge is 2.16. The quantitative estimate of drug-likeness (QED) is 0.539. The average molecular weight is 284 g/mol. The van der Waals surface area contributed by atoms with Gasteiger partial charge in [0.1, 0.15) is 12.4 Å². The number of hydrogen-bond acceptors (Lipinski definition) is 5. The van der Waals surface area contributed by atoms with Gasteiger partial charge >= 0.3 is 0 Å². The van der Waals surface area contributed by atoms with E-state index < -0.39 is 16.7 Å². The molecule has 0 bridgehead atoms. The molecule has 1 rings (SSSR count). The first-order valence-corrected chi connectivity index (χ1v) is 7.06. The van der Waals surface area contributed by atoms with Gasteiger partial charge in [0, 0.05) is 6.42 Å². The van der Waals surface area contributed by atoms with Crippen molar-refractivity contribution in [3.63, 3.8) is 0 Å². The van der Waals surface area contributed by atoms with Gasteiger partial charge in [-0.2, -0.15) is 8.42 Å². The van der Waals surface area contributed by atoms with Gasteiger partial charge in [-0.1, -0.05) is 6.08 Å². The second-order valence-corrected chi connectivity index (χ2v) is 5.37. The third-order valence-corrected chi connectivity index (χ3v) is 3.63. The van der Waals surface area contributed by atoms with Gasteiger partial charge < -0.3 is 4.74 Å². The van der Waals surface area contributed by atoms with E-state index in [0.717, 1.165) is 0 Å². The van der Waals surface area contributed by atoms with Crippen LogP contribution >= 0.6 is 0 Å². The van der Waals surface area contributed by atoms with Crippen LogP contribution in [0.5, 0.6) is 5.75 Å². The van der Waals surface area contributed by atoms with Gasteiger partial charge in [0.05, 0.1) is 12.0 Å². The van der Waals surface area contributed by atoms with Crippen LogP contribution < -0.4 is 4.74 Å². The molecule has 0 saturated heterocycles. The highest BCUT2D eigenvalue weighted by atomic mass is 32.2. The molecule has 104 valence electrons. The molecule has 19 heavy (non-hydrogen) atoms. The van der Waals surface area contributed by atoms with Crippen molar-refractivity contribution in [2.45, 2.75) is 17.7 Å². The van der Waals surface area contributed by atoms with Crippen LogP contribution in [0.25, 0.3) is 0 Å². The monoisotopic (exact) mass is 284 g/mol. The molecule has 6 heteroatoms. The van der Waals surface area contributed by atoms with Gasteiger partial charge in [0.15, 0.2) is 5.78 Å². The van der Waals surface area contributed by atoms with E-state index >= 15 is 0 Å². The Balaban J connectivity index is 2.64. The van der Waals surface area contributed by atoms with Crippen LogP contribution in [0.3, 0.4) is 0 Å². The molecule has 0 spiro atoms. The van der Waals surface area contributed by atoms with Crippen molar-refractivity contribution in [1.82, 2.24) is 0 Å². The zero-order chi connectivity index (χ0) is 14.3. The lowest BCUT2D eigenvalue weighted by Crippen LogP contribution is -2.14. The average Bonchev–Trinajstić information content (AvgIpc) is 2.43. The first-order valence-electron chi connectivity index (χ1n) is 5.65. The van der Waals surface area contributed by atoms with Crippen molar-refractivity contribution >= 4 is 15.9 Å². The van der Waals surface area contributed by atoms with Crippen LogP contribution in [-0.2, 0) is 19.1 Å². The number of carbonyl (C=O) groups excluding carboxylic acids is 1. The fourth-order valence-electron chi connectivity index (χ4n) is 1.29. The fraction of sp³-hybridized carbons (Fsp3) is 0.308. The number of allylic oxidation sites excluding steroid dienone is 1. The summed E-state index contributed by atoms with van der Waals surface area (Å²) in [6.07, 6.45) is 2.32. The molecule has 0 aliphatic heterocycles. The molecule has 0 aliphatic carbocycles. The van der Waals surface area contributed by atoms with Crippen molar-refractivity contribution in [2.75, 3.05) is 13.7 Å². The fourth-order valence-corrected chi connectivity index (χ4v) is 2.18. The van der Waals surface area contributed by atoms with Crippen molar-refractivity contribution < 1.29 is 22.1 Å². The van der Waals surface area contributed by atoms with Crippen LogP contribution in [-0.4, -0.2) is 27.9 Å². The van der Waals surface area contributed by atoms with E-state index in [1.807, 2.05) is 0 Å². The van der Waals surface area contributed by atoms with Gasteiger partial charge in [-0.05, 0) is 30.7 Å². The number of ketones is 1. The SMILES string of the molecule is C=CCCC(=O)COS(=O)(=O)c1ccc(OC)cc1. The molecule has 0 radical (unpaired) electrons.